The highest BCUT2D eigenvalue weighted by Crippen LogP contribution is 2.11. The number of aryl methyl sites for hydroxylation is 1. The van der Waals surface area contributed by atoms with Crippen molar-refractivity contribution in [2.24, 2.45) is 7.05 Å². The maximum absolute atomic E-state index is 5.43. The SMILES string of the molecule is C/C(=C/c1ccn(C)n1)CC1COCCN1. The first-order valence-electron chi connectivity index (χ1n) is 5.72. The molecule has 1 saturated heterocycles. The van der Waals surface area contributed by atoms with Crippen LogP contribution in [0.15, 0.2) is 17.8 Å². The minimum atomic E-state index is 0.453. The number of aromatic nitrogens is 2. The second-order valence-electron chi connectivity index (χ2n) is 4.34. The van der Waals surface area contributed by atoms with Crippen LogP contribution in [0.25, 0.3) is 6.08 Å². The van der Waals surface area contributed by atoms with Crippen LogP contribution in [0.1, 0.15) is 19.0 Å². The maximum atomic E-state index is 5.43. The van der Waals surface area contributed by atoms with E-state index in [0.29, 0.717) is 6.04 Å². The maximum Gasteiger partial charge on any atom is 0.0850 e. The average molecular weight is 221 g/mol. The van der Waals surface area contributed by atoms with Gasteiger partial charge in [-0.25, -0.2) is 0 Å². The Hall–Kier alpha value is -1.13. The first kappa shape index (κ1) is 11.4. The quantitative estimate of drug-likeness (QED) is 0.833. The van der Waals surface area contributed by atoms with Crippen LogP contribution in [0.2, 0.25) is 0 Å². The van der Waals surface area contributed by atoms with Gasteiger partial charge >= 0.3 is 0 Å². The molecule has 0 amide bonds. The fourth-order valence-electron chi connectivity index (χ4n) is 1.96. The Morgan fingerprint density at radius 3 is 3.25 bits per heavy atom. The van der Waals surface area contributed by atoms with E-state index in [4.69, 9.17) is 4.74 Å². The molecular formula is C12H19N3O. The van der Waals surface area contributed by atoms with E-state index in [9.17, 15) is 0 Å². The summed E-state index contributed by atoms with van der Waals surface area (Å²) >= 11 is 0. The molecule has 1 aliphatic heterocycles. The molecule has 1 aromatic heterocycles. The third kappa shape index (κ3) is 3.18. The van der Waals surface area contributed by atoms with Crippen molar-refractivity contribution in [3.63, 3.8) is 0 Å². The number of nitrogens with zero attached hydrogens (tertiary/aromatic N) is 2. The van der Waals surface area contributed by atoms with Crippen LogP contribution in [0, 0.1) is 0 Å². The van der Waals surface area contributed by atoms with E-state index in [0.717, 1.165) is 31.9 Å². The van der Waals surface area contributed by atoms with Crippen LogP contribution in [0.4, 0.5) is 0 Å². The van der Waals surface area contributed by atoms with Gasteiger partial charge in [0.2, 0.25) is 0 Å². The Kier molecular flexibility index (Phi) is 3.74. The van der Waals surface area contributed by atoms with Gasteiger partial charge in [0, 0.05) is 25.8 Å². The molecule has 1 N–H and O–H groups in total. The summed E-state index contributed by atoms with van der Waals surface area (Å²) in [5.41, 5.74) is 2.36. The highest BCUT2D eigenvalue weighted by atomic mass is 16.5. The number of morpholine rings is 1. The predicted octanol–water partition coefficient (Wildman–Crippen LogP) is 1.20. The van der Waals surface area contributed by atoms with Crippen LogP contribution in [0.3, 0.4) is 0 Å². The Bertz CT molecular complexity index is 364. The van der Waals surface area contributed by atoms with E-state index in [-0.39, 0.29) is 0 Å². The first-order valence-corrected chi connectivity index (χ1v) is 5.72. The average Bonchev–Trinajstić information content (AvgIpc) is 2.65. The van der Waals surface area contributed by atoms with Gasteiger partial charge in [-0.1, -0.05) is 5.57 Å². The number of hydrogen-bond donors (Lipinski definition) is 1. The minimum Gasteiger partial charge on any atom is -0.379 e. The van der Waals surface area contributed by atoms with Crippen molar-refractivity contribution in [1.82, 2.24) is 15.1 Å². The summed E-state index contributed by atoms with van der Waals surface area (Å²) in [6.45, 7) is 4.75. The van der Waals surface area contributed by atoms with Crippen LogP contribution in [-0.4, -0.2) is 35.6 Å². The molecule has 4 nitrogen and oxygen atoms in total. The van der Waals surface area contributed by atoms with Crippen molar-refractivity contribution in [1.29, 1.82) is 0 Å². The molecule has 0 radical (unpaired) electrons. The fourth-order valence-corrected chi connectivity index (χ4v) is 1.96. The van der Waals surface area contributed by atoms with Crippen LogP contribution < -0.4 is 5.32 Å². The number of nitrogens with one attached hydrogen (secondary N) is 1. The summed E-state index contributed by atoms with van der Waals surface area (Å²) < 4.78 is 7.25. The zero-order chi connectivity index (χ0) is 11.4. The molecule has 1 fully saturated rings. The summed E-state index contributed by atoms with van der Waals surface area (Å²) in [4.78, 5) is 0. The monoisotopic (exact) mass is 221 g/mol. The van der Waals surface area contributed by atoms with Crippen molar-refractivity contribution in [2.75, 3.05) is 19.8 Å². The number of rotatable bonds is 3. The molecule has 0 bridgehead atoms. The first-order chi connectivity index (χ1) is 7.74. The Labute approximate surface area is 96.3 Å². The molecule has 1 aliphatic rings. The van der Waals surface area contributed by atoms with Gasteiger partial charge in [0.25, 0.3) is 0 Å². The van der Waals surface area contributed by atoms with Crippen molar-refractivity contribution in [3.8, 4) is 0 Å². The zero-order valence-corrected chi connectivity index (χ0v) is 9.94. The van der Waals surface area contributed by atoms with Gasteiger partial charge in [0.1, 0.15) is 0 Å². The van der Waals surface area contributed by atoms with E-state index < -0.39 is 0 Å². The lowest BCUT2D eigenvalue weighted by Crippen LogP contribution is -2.41. The molecule has 0 spiro atoms. The molecule has 0 aliphatic carbocycles. The highest BCUT2D eigenvalue weighted by Gasteiger charge is 2.12. The number of hydrogen-bond acceptors (Lipinski definition) is 3. The summed E-state index contributed by atoms with van der Waals surface area (Å²) in [5.74, 6) is 0. The molecule has 4 heteroatoms. The standard InChI is InChI=1S/C12H19N3O/c1-10(7-11-3-5-15(2)14-11)8-12-9-16-6-4-13-12/h3,5,7,12-13H,4,6,8-9H2,1-2H3/b10-7-. The van der Waals surface area contributed by atoms with Crippen LogP contribution in [-0.2, 0) is 11.8 Å². The van der Waals surface area contributed by atoms with Gasteiger partial charge in [0.05, 0.1) is 18.9 Å². The molecule has 1 aromatic rings. The van der Waals surface area contributed by atoms with Crippen molar-refractivity contribution in [3.05, 3.63) is 23.5 Å². The molecule has 88 valence electrons. The van der Waals surface area contributed by atoms with Gasteiger partial charge in [-0.15, -0.1) is 0 Å². The van der Waals surface area contributed by atoms with E-state index >= 15 is 0 Å². The second kappa shape index (κ2) is 5.27. The van der Waals surface area contributed by atoms with Crippen LogP contribution >= 0.6 is 0 Å². The smallest absolute Gasteiger partial charge is 0.0850 e. The van der Waals surface area contributed by atoms with E-state index in [2.05, 4.69) is 23.4 Å². The molecule has 1 atom stereocenters. The van der Waals surface area contributed by atoms with Crippen molar-refractivity contribution in [2.45, 2.75) is 19.4 Å². The predicted molar refractivity (Wildman–Crippen MR) is 64.1 cm³/mol. The molecule has 0 saturated carbocycles. The molecule has 1 unspecified atom stereocenters. The lowest BCUT2D eigenvalue weighted by atomic mass is 10.1. The largest absolute Gasteiger partial charge is 0.379 e. The van der Waals surface area contributed by atoms with Crippen molar-refractivity contribution >= 4 is 6.08 Å². The molecule has 16 heavy (non-hydrogen) atoms. The molecule has 2 heterocycles. The topological polar surface area (TPSA) is 39.1 Å². The van der Waals surface area contributed by atoms with Crippen LogP contribution in [0.5, 0.6) is 0 Å². The summed E-state index contributed by atoms with van der Waals surface area (Å²) in [6.07, 6.45) is 5.12. The third-order valence-electron chi connectivity index (χ3n) is 2.70. The lowest BCUT2D eigenvalue weighted by Gasteiger charge is -2.23. The minimum absolute atomic E-state index is 0.453. The van der Waals surface area contributed by atoms with E-state index in [1.807, 2.05) is 24.0 Å². The summed E-state index contributed by atoms with van der Waals surface area (Å²) in [5, 5.41) is 7.78. The lowest BCUT2D eigenvalue weighted by molar-refractivity contribution is 0.0771. The summed E-state index contributed by atoms with van der Waals surface area (Å²) in [7, 11) is 1.93. The second-order valence-corrected chi connectivity index (χ2v) is 4.34. The Balaban J connectivity index is 1.91. The normalized spacial score (nSPS) is 22.4. The Morgan fingerprint density at radius 1 is 1.75 bits per heavy atom. The van der Waals surface area contributed by atoms with Gasteiger partial charge in [-0.2, -0.15) is 5.10 Å². The fraction of sp³-hybridized carbons (Fsp3) is 0.583. The summed E-state index contributed by atoms with van der Waals surface area (Å²) in [6, 6.07) is 2.47. The van der Waals surface area contributed by atoms with E-state index in [1.165, 1.54) is 5.57 Å². The highest BCUT2D eigenvalue weighted by molar-refractivity contribution is 5.47. The zero-order valence-electron chi connectivity index (χ0n) is 9.94. The van der Waals surface area contributed by atoms with Gasteiger partial charge < -0.3 is 10.1 Å². The van der Waals surface area contributed by atoms with Gasteiger partial charge in [0.15, 0.2) is 0 Å². The molecular weight excluding hydrogens is 202 g/mol. The van der Waals surface area contributed by atoms with Gasteiger partial charge in [-0.3, -0.25) is 4.68 Å². The van der Waals surface area contributed by atoms with E-state index in [1.54, 1.807) is 0 Å². The van der Waals surface area contributed by atoms with Gasteiger partial charge in [-0.05, 0) is 25.5 Å². The Morgan fingerprint density at radius 2 is 2.62 bits per heavy atom. The van der Waals surface area contributed by atoms with Crippen molar-refractivity contribution < 1.29 is 4.74 Å². The number of ether oxygens (including phenoxy) is 1. The molecule has 2 rings (SSSR count). The molecule has 0 aromatic carbocycles. The third-order valence-corrected chi connectivity index (χ3v) is 2.70.